The van der Waals surface area contributed by atoms with E-state index in [1.54, 1.807) is 12.3 Å². The van der Waals surface area contributed by atoms with Gasteiger partial charge in [-0.3, -0.25) is 0 Å². The number of aromatic nitrogens is 4. The van der Waals surface area contributed by atoms with Crippen molar-refractivity contribution in [3.63, 3.8) is 0 Å². The number of pyridine rings is 1. The normalized spacial score (nSPS) is 16.7. The summed E-state index contributed by atoms with van der Waals surface area (Å²) in [5.41, 5.74) is 5.05. The molecule has 4 heterocycles. The van der Waals surface area contributed by atoms with Crippen LogP contribution in [0.5, 0.6) is 0 Å². The molecule has 3 aromatic rings. The fourth-order valence-corrected chi connectivity index (χ4v) is 3.17. The molecular weight excluding hydrogens is 405 g/mol. The maximum atomic E-state index is 13.5. The van der Waals surface area contributed by atoms with Gasteiger partial charge in [-0.1, -0.05) is 0 Å². The first-order valence-electron chi connectivity index (χ1n) is 8.78. The third-order valence-corrected chi connectivity index (χ3v) is 4.48. The summed E-state index contributed by atoms with van der Waals surface area (Å²) in [6.07, 6.45) is -1.61. The summed E-state index contributed by atoms with van der Waals surface area (Å²) >= 11 is 0. The number of ether oxygens (including phenoxy) is 1. The number of carbonyl (C=O) groups excluding carboxylic acids is 2. The highest BCUT2D eigenvalue weighted by molar-refractivity contribution is 5.73. The number of nitrogens with two attached hydrogens (primary N) is 1. The van der Waals surface area contributed by atoms with Gasteiger partial charge in [0.1, 0.15) is 11.3 Å². The summed E-state index contributed by atoms with van der Waals surface area (Å²) in [6.45, 7) is 3.61. The number of morpholine rings is 1. The lowest BCUT2D eigenvalue weighted by Gasteiger charge is -2.34. The zero-order chi connectivity index (χ0) is 21.9. The van der Waals surface area contributed by atoms with E-state index in [1.165, 1.54) is 4.52 Å². The standard InChI is InChI=1S/C17H17F3N6O.CO2/c1-10-9-27-6-5-25(10)16-13-3-2-4-26(13)24-15(23-16)11-8-22-14(21)7-12(11)17(18,19)20;2-1-3/h2-4,7-8,10H,5-6,9H2,1H3,(H2,21,22);/t10-;/m0./s1. The van der Waals surface area contributed by atoms with Crippen molar-refractivity contribution >= 4 is 23.3 Å². The second kappa shape index (κ2) is 8.47. The summed E-state index contributed by atoms with van der Waals surface area (Å²) in [6, 6.07) is 4.43. The van der Waals surface area contributed by atoms with Crippen molar-refractivity contribution in [3.05, 3.63) is 36.2 Å². The van der Waals surface area contributed by atoms with Crippen LogP contribution in [0, 0.1) is 0 Å². The van der Waals surface area contributed by atoms with Crippen molar-refractivity contribution in [2.24, 2.45) is 0 Å². The maximum Gasteiger partial charge on any atom is 0.417 e. The average molecular weight is 422 g/mol. The van der Waals surface area contributed by atoms with Gasteiger partial charge in [0.2, 0.25) is 0 Å². The smallest absolute Gasteiger partial charge is 0.384 e. The SMILES string of the molecule is C[C@H]1COCCN1c1nc(-c2cnc(N)cc2C(F)(F)F)nn2cccc12.O=C=O. The minimum absolute atomic E-state index is 0.0341. The summed E-state index contributed by atoms with van der Waals surface area (Å²) in [7, 11) is 0. The Kier molecular flexibility index (Phi) is 5.99. The molecule has 9 nitrogen and oxygen atoms in total. The minimum atomic E-state index is -4.60. The highest BCUT2D eigenvalue weighted by Crippen LogP contribution is 2.37. The molecule has 0 aliphatic carbocycles. The van der Waals surface area contributed by atoms with Crippen molar-refractivity contribution in [1.29, 1.82) is 0 Å². The number of nitrogens with zero attached hydrogens (tertiary/aromatic N) is 5. The zero-order valence-electron chi connectivity index (χ0n) is 15.8. The van der Waals surface area contributed by atoms with Crippen LogP contribution in [0.25, 0.3) is 16.9 Å². The number of hydrogen-bond donors (Lipinski definition) is 1. The Bertz CT molecular complexity index is 1080. The van der Waals surface area contributed by atoms with Crippen LogP contribution in [0.3, 0.4) is 0 Å². The quantitative estimate of drug-likeness (QED) is 0.667. The zero-order valence-corrected chi connectivity index (χ0v) is 15.8. The lowest BCUT2D eigenvalue weighted by Crippen LogP contribution is -2.44. The fourth-order valence-electron chi connectivity index (χ4n) is 3.17. The van der Waals surface area contributed by atoms with Gasteiger partial charge in [0.05, 0.1) is 30.4 Å². The Morgan fingerprint density at radius 3 is 2.73 bits per heavy atom. The van der Waals surface area contributed by atoms with Crippen molar-refractivity contribution in [2.45, 2.75) is 19.1 Å². The van der Waals surface area contributed by atoms with Crippen molar-refractivity contribution in [2.75, 3.05) is 30.4 Å². The molecule has 2 N–H and O–H groups in total. The van der Waals surface area contributed by atoms with E-state index >= 15 is 0 Å². The highest BCUT2D eigenvalue weighted by atomic mass is 19.4. The Morgan fingerprint density at radius 2 is 2.07 bits per heavy atom. The molecule has 1 atom stereocenters. The van der Waals surface area contributed by atoms with Gasteiger partial charge < -0.3 is 15.4 Å². The predicted octanol–water partition coefficient (Wildman–Crippen LogP) is 2.03. The maximum absolute atomic E-state index is 13.5. The molecule has 0 aromatic carbocycles. The van der Waals surface area contributed by atoms with E-state index in [9.17, 15) is 13.2 Å². The summed E-state index contributed by atoms with van der Waals surface area (Å²) < 4.78 is 47.5. The first kappa shape index (κ1) is 21.2. The molecule has 4 rings (SSSR count). The highest BCUT2D eigenvalue weighted by Gasteiger charge is 2.35. The van der Waals surface area contributed by atoms with Crippen molar-refractivity contribution < 1.29 is 27.5 Å². The van der Waals surface area contributed by atoms with Gasteiger partial charge in [-0.15, -0.1) is 5.10 Å². The molecule has 12 heteroatoms. The molecular formula is C18H17F3N6O3. The topological polar surface area (TPSA) is 116 Å². The van der Waals surface area contributed by atoms with Crippen LogP contribution in [0.15, 0.2) is 30.6 Å². The van der Waals surface area contributed by atoms with Crippen molar-refractivity contribution in [3.8, 4) is 11.4 Å². The number of nitrogen functional groups attached to an aromatic ring is 1. The summed E-state index contributed by atoms with van der Waals surface area (Å²) in [5.74, 6) is 0.285. The third-order valence-electron chi connectivity index (χ3n) is 4.48. The fraction of sp³-hybridized carbons (Fsp3) is 0.333. The van der Waals surface area contributed by atoms with Gasteiger partial charge in [-0.25, -0.2) is 14.5 Å². The lowest BCUT2D eigenvalue weighted by molar-refractivity contribution is -0.191. The lowest BCUT2D eigenvalue weighted by atomic mass is 10.1. The molecule has 1 fully saturated rings. The van der Waals surface area contributed by atoms with Crippen LogP contribution in [0.4, 0.5) is 24.8 Å². The molecule has 0 unspecified atom stereocenters. The number of anilines is 2. The summed E-state index contributed by atoms with van der Waals surface area (Å²) in [5, 5.41) is 4.26. The van der Waals surface area contributed by atoms with Gasteiger partial charge in [-0.2, -0.15) is 22.8 Å². The molecule has 1 aliphatic rings. The average Bonchev–Trinajstić information content (AvgIpc) is 3.16. The van der Waals surface area contributed by atoms with Crippen LogP contribution < -0.4 is 10.6 Å². The molecule has 0 amide bonds. The molecule has 30 heavy (non-hydrogen) atoms. The number of halogens is 3. The van der Waals surface area contributed by atoms with E-state index in [0.29, 0.717) is 31.1 Å². The van der Waals surface area contributed by atoms with Gasteiger partial charge in [0.25, 0.3) is 0 Å². The first-order valence-corrected chi connectivity index (χ1v) is 8.78. The Hall–Kier alpha value is -3.50. The van der Waals surface area contributed by atoms with Gasteiger partial charge >= 0.3 is 12.3 Å². The van der Waals surface area contributed by atoms with Gasteiger partial charge in [0.15, 0.2) is 11.6 Å². The van der Waals surface area contributed by atoms with Crippen LogP contribution in [-0.2, 0) is 20.5 Å². The van der Waals surface area contributed by atoms with E-state index in [1.807, 2.05) is 17.9 Å². The van der Waals surface area contributed by atoms with Crippen LogP contribution >= 0.6 is 0 Å². The first-order chi connectivity index (χ1) is 14.3. The third kappa shape index (κ3) is 4.24. The molecule has 0 spiro atoms. The number of rotatable bonds is 2. The van der Waals surface area contributed by atoms with Gasteiger partial charge in [0, 0.05) is 18.9 Å². The van der Waals surface area contributed by atoms with Crippen LogP contribution in [-0.4, -0.2) is 51.5 Å². The van der Waals surface area contributed by atoms with Gasteiger partial charge in [-0.05, 0) is 25.1 Å². The predicted molar refractivity (Wildman–Crippen MR) is 98.3 cm³/mol. The second-order valence-electron chi connectivity index (χ2n) is 6.45. The van der Waals surface area contributed by atoms with Crippen LogP contribution in [0.2, 0.25) is 0 Å². The second-order valence-corrected chi connectivity index (χ2v) is 6.45. The van der Waals surface area contributed by atoms with E-state index < -0.39 is 11.7 Å². The molecule has 0 bridgehead atoms. The summed E-state index contributed by atoms with van der Waals surface area (Å²) in [4.78, 5) is 26.6. The van der Waals surface area contributed by atoms with E-state index in [2.05, 4.69) is 15.1 Å². The monoisotopic (exact) mass is 422 g/mol. The molecule has 0 radical (unpaired) electrons. The van der Waals surface area contributed by atoms with Crippen molar-refractivity contribution in [1.82, 2.24) is 19.6 Å². The van der Waals surface area contributed by atoms with Crippen LogP contribution in [0.1, 0.15) is 12.5 Å². The van der Waals surface area contributed by atoms with E-state index in [0.717, 1.165) is 12.3 Å². The molecule has 3 aromatic heterocycles. The molecule has 0 saturated carbocycles. The number of alkyl halides is 3. The molecule has 1 saturated heterocycles. The van der Waals surface area contributed by atoms with E-state index in [-0.39, 0.29) is 29.4 Å². The van der Waals surface area contributed by atoms with E-state index in [4.69, 9.17) is 20.1 Å². The Morgan fingerprint density at radius 1 is 1.33 bits per heavy atom. The molecule has 1 aliphatic heterocycles. The minimum Gasteiger partial charge on any atom is -0.384 e. The largest absolute Gasteiger partial charge is 0.417 e. The molecule has 158 valence electrons. The number of fused-ring (bicyclic) bond motifs is 1. The Balaban J connectivity index is 0.000000806. The number of hydrogen-bond acceptors (Lipinski definition) is 8. The Labute approximate surface area is 168 Å².